The van der Waals surface area contributed by atoms with Crippen LogP contribution in [0, 0.1) is 5.92 Å². The number of amides is 2. The predicted molar refractivity (Wildman–Crippen MR) is 73.0 cm³/mol. The minimum atomic E-state index is -0.948. The van der Waals surface area contributed by atoms with Crippen molar-refractivity contribution in [2.24, 2.45) is 5.92 Å². The summed E-state index contributed by atoms with van der Waals surface area (Å²) in [5.41, 5.74) is 2.31. The summed E-state index contributed by atoms with van der Waals surface area (Å²) in [6.07, 6.45) is 2.20. The summed E-state index contributed by atoms with van der Waals surface area (Å²) in [5.74, 6) is -0.459. The number of hydrogen-bond acceptors (Lipinski definition) is 2. The number of benzene rings is 1. The smallest absolute Gasteiger partial charge is 0.323 e. The van der Waals surface area contributed by atoms with E-state index in [1.165, 1.54) is 4.90 Å². The molecule has 1 heterocycles. The van der Waals surface area contributed by atoms with Crippen LogP contribution in [0.25, 0.3) is 0 Å². The van der Waals surface area contributed by atoms with Gasteiger partial charge in [0, 0.05) is 19.6 Å². The van der Waals surface area contributed by atoms with Crippen molar-refractivity contribution in [1.82, 2.24) is 9.80 Å². The van der Waals surface area contributed by atoms with Gasteiger partial charge in [0.1, 0.15) is 6.54 Å². The van der Waals surface area contributed by atoms with Crippen LogP contribution in [-0.2, 0) is 17.9 Å². The third-order valence-electron chi connectivity index (χ3n) is 3.88. The van der Waals surface area contributed by atoms with Crippen LogP contribution in [0.2, 0.25) is 0 Å². The van der Waals surface area contributed by atoms with E-state index in [1.807, 2.05) is 24.3 Å². The number of carboxylic acid groups (broad SMARTS) is 1. The van der Waals surface area contributed by atoms with E-state index in [2.05, 4.69) is 0 Å². The molecule has 1 aromatic rings. The molecule has 2 amide bonds. The molecular weight excluding hydrogens is 256 g/mol. The molecule has 0 atom stereocenters. The van der Waals surface area contributed by atoms with Gasteiger partial charge in [-0.15, -0.1) is 0 Å². The van der Waals surface area contributed by atoms with Crippen molar-refractivity contribution in [3.8, 4) is 0 Å². The highest BCUT2D eigenvalue weighted by Crippen LogP contribution is 2.31. The second kappa shape index (κ2) is 5.15. The number of aliphatic carboxylic acids is 1. The maximum absolute atomic E-state index is 12.5. The van der Waals surface area contributed by atoms with Gasteiger partial charge in [-0.3, -0.25) is 4.79 Å². The molecule has 1 aliphatic carbocycles. The summed E-state index contributed by atoms with van der Waals surface area (Å²) in [4.78, 5) is 26.6. The van der Waals surface area contributed by atoms with Gasteiger partial charge >= 0.3 is 12.0 Å². The van der Waals surface area contributed by atoms with Gasteiger partial charge in [-0.1, -0.05) is 24.3 Å². The van der Waals surface area contributed by atoms with Crippen molar-refractivity contribution in [3.05, 3.63) is 35.4 Å². The fourth-order valence-electron chi connectivity index (χ4n) is 2.65. The Bertz CT molecular complexity index is 515. The number of urea groups is 1. The molecule has 1 aromatic carbocycles. The van der Waals surface area contributed by atoms with E-state index in [0.29, 0.717) is 25.6 Å². The van der Waals surface area contributed by atoms with Crippen molar-refractivity contribution in [3.63, 3.8) is 0 Å². The van der Waals surface area contributed by atoms with Gasteiger partial charge in [0.05, 0.1) is 0 Å². The van der Waals surface area contributed by atoms with Crippen molar-refractivity contribution in [2.75, 3.05) is 13.1 Å². The second-order valence-electron chi connectivity index (χ2n) is 5.62. The SMILES string of the molecule is O=C(O)CN(CC1CC1)C(=O)N1Cc2ccccc2C1. The van der Waals surface area contributed by atoms with E-state index in [9.17, 15) is 9.59 Å². The lowest BCUT2D eigenvalue weighted by molar-refractivity contribution is -0.137. The van der Waals surface area contributed by atoms with Crippen LogP contribution in [0.3, 0.4) is 0 Å². The zero-order valence-electron chi connectivity index (χ0n) is 11.3. The van der Waals surface area contributed by atoms with Crippen LogP contribution in [0.15, 0.2) is 24.3 Å². The standard InChI is InChI=1S/C15H18N2O3/c18-14(19)10-16(7-11-5-6-11)15(20)17-8-12-3-1-2-4-13(12)9-17/h1-4,11H,5-10H2,(H,18,19). The molecule has 0 unspecified atom stereocenters. The number of hydrogen-bond donors (Lipinski definition) is 1. The van der Waals surface area contributed by atoms with E-state index in [4.69, 9.17) is 5.11 Å². The maximum Gasteiger partial charge on any atom is 0.323 e. The first kappa shape index (κ1) is 13.0. The molecule has 5 heteroatoms. The molecule has 1 N–H and O–H groups in total. The Balaban J connectivity index is 1.69. The summed E-state index contributed by atoms with van der Waals surface area (Å²) in [7, 11) is 0. The summed E-state index contributed by atoms with van der Waals surface area (Å²) < 4.78 is 0. The molecule has 20 heavy (non-hydrogen) atoms. The Morgan fingerprint density at radius 1 is 1.20 bits per heavy atom. The molecule has 2 aliphatic rings. The topological polar surface area (TPSA) is 60.9 Å². The number of rotatable bonds is 4. The normalized spacial score (nSPS) is 16.9. The summed E-state index contributed by atoms with van der Waals surface area (Å²) in [5, 5.41) is 8.97. The van der Waals surface area contributed by atoms with Crippen LogP contribution in [0.5, 0.6) is 0 Å². The number of carbonyl (C=O) groups is 2. The highest BCUT2D eigenvalue weighted by Gasteiger charge is 2.32. The van der Waals surface area contributed by atoms with Gasteiger partial charge in [0.25, 0.3) is 0 Å². The minimum absolute atomic E-state index is 0.157. The van der Waals surface area contributed by atoms with Crippen LogP contribution in [-0.4, -0.2) is 40.0 Å². The monoisotopic (exact) mass is 274 g/mol. The minimum Gasteiger partial charge on any atom is -0.480 e. The van der Waals surface area contributed by atoms with Gasteiger partial charge in [0.15, 0.2) is 0 Å². The lowest BCUT2D eigenvalue weighted by Gasteiger charge is -2.26. The Morgan fingerprint density at radius 3 is 2.30 bits per heavy atom. The fourth-order valence-corrected chi connectivity index (χ4v) is 2.65. The second-order valence-corrected chi connectivity index (χ2v) is 5.62. The van der Waals surface area contributed by atoms with E-state index >= 15 is 0 Å². The molecule has 0 bridgehead atoms. The van der Waals surface area contributed by atoms with Gasteiger partial charge in [-0.2, -0.15) is 0 Å². The average molecular weight is 274 g/mol. The van der Waals surface area contributed by atoms with Gasteiger partial charge in [-0.05, 0) is 29.9 Å². The van der Waals surface area contributed by atoms with Crippen molar-refractivity contribution in [1.29, 1.82) is 0 Å². The van der Waals surface area contributed by atoms with Gasteiger partial charge in [0.2, 0.25) is 0 Å². The lowest BCUT2D eigenvalue weighted by Crippen LogP contribution is -2.44. The molecule has 1 saturated carbocycles. The van der Waals surface area contributed by atoms with E-state index in [-0.39, 0.29) is 12.6 Å². The molecule has 0 spiro atoms. The zero-order valence-corrected chi connectivity index (χ0v) is 11.3. The van der Waals surface area contributed by atoms with E-state index < -0.39 is 5.97 Å². The Kier molecular flexibility index (Phi) is 3.34. The first-order chi connectivity index (χ1) is 9.63. The van der Waals surface area contributed by atoms with Crippen molar-refractivity contribution < 1.29 is 14.7 Å². The Labute approximate surface area is 117 Å². The van der Waals surface area contributed by atoms with Crippen molar-refractivity contribution in [2.45, 2.75) is 25.9 Å². The van der Waals surface area contributed by atoms with Crippen LogP contribution in [0.4, 0.5) is 4.79 Å². The quantitative estimate of drug-likeness (QED) is 0.912. The molecule has 106 valence electrons. The van der Waals surface area contributed by atoms with Crippen molar-refractivity contribution >= 4 is 12.0 Å². The van der Waals surface area contributed by atoms with Crippen LogP contribution < -0.4 is 0 Å². The lowest BCUT2D eigenvalue weighted by atomic mass is 10.1. The largest absolute Gasteiger partial charge is 0.480 e. The van der Waals surface area contributed by atoms with Crippen LogP contribution in [0.1, 0.15) is 24.0 Å². The molecule has 1 fully saturated rings. The molecule has 0 saturated heterocycles. The third kappa shape index (κ3) is 2.76. The number of carbonyl (C=O) groups excluding carboxylic acids is 1. The predicted octanol–water partition coefficient (Wildman–Crippen LogP) is 1.92. The molecular formula is C15H18N2O3. The molecule has 0 radical (unpaired) electrons. The first-order valence-corrected chi connectivity index (χ1v) is 6.96. The average Bonchev–Trinajstić information content (AvgIpc) is 3.12. The zero-order chi connectivity index (χ0) is 14.1. The molecule has 0 aromatic heterocycles. The van der Waals surface area contributed by atoms with Gasteiger partial charge < -0.3 is 14.9 Å². The molecule has 3 rings (SSSR count). The maximum atomic E-state index is 12.5. The Hall–Kier alpha value is -2.04. The number of fused-ring (bicyclic) bond motifs is 1. The van der Waals surface area contributed by atoms with E-state index in [1.54, 1.807) is 4.90 Å². The molecule has 5 nitrogen and oxygen atoms in total. The fraction of sp³-hybridized carbons (Fsp3) is 0.467. The number of nitrogens with zero attached hydrogens (tertiary/aromatic N) is 2. The summed E-state index contributed by atoms with van der Waals surface area (Å²) in [6.45, 7) is 1.52. The van der Waals surface area contributed by atoms with E-state index in [0.717, 1.165) is 24.0 Å². The highest BCUT2D eigenvalue weighted by molar-refractivity contribution is 5.80. The number of carboxylic acids is 1. The van der Waals surface area contributed by atoms with Crippen LogP contribution >= 0.6 is 0 Å². The molecule has 1 aliphatic heterocycles. The summed E-state index contributed by atoms with van der Waals surface area (Å²) >= 11 is 0. The highest BCUT2D eigenvalue weighted by atomic mass is 16.4. The summed E-state index contributed by atoms with van der Waals surface area (Å²) in [6, 6.07) is 7.81. The third-order valence-corrected chi connectivity index (χ3v) is 3.88. The van der Waals surface area contributed by atoms with Gasteiger partial charge in [-0.25, -0.2) is 4.79 Å². The Morgan fingerprint density at radius 2 is 1.80 bits per heavy atom. The first-order valence-electron chi connectivity index (χ1n) is 6.96.